The highest BCUT2D eigenvalue weighted by atomic mass is 32.2. The van der Waals surface area contributed by atoms with Gasteiger partial charge in [0.05, 0.1) is 0 Å². The van der Waals surface area contributed by atoms with Gasteiger partial charge in [0.1, 0.15) is 4.90 Å². The van der Waals surface area contributed by atoms with Crippen molar-refractivity contribution in [1.82, 2.24) is 0 Å². The van der Waals surface area contributed by atoms with Gasteiger partial charge in [0, 0.05) is 5.39 Å². The van der Waals surface area contributed by atoms with Crippen molar-refractivity contribution in [3.63, 3.8) is 0 Å². The zero-order valence-corrected chi connectivity index (χ0v) is 12.7. The Bertz CT molecular complexity index is 718. The molecule has 4 heteroatoms. The van der Waals surface area contributed by atoms with Crippen LogP contribution in [0.3, 0.4) is 0 Å². The minimum atomic E-state index is -4.20. The molecule has 20 heavy (non-hydrogen) atoms. The van der Waals surface area contributed by atoms with E-state index in [4.69, 9.17) is 0 Å². The lowest BCUT2D eigenvalue weighted by Crippen LogP contribution is -2.02. The maximum atomic E-state index is 11.6. The Hall–Kier alpha value is -1.39. The summed E-state index contributed by atoms with van der Waals surface area (Å²) in [7, 11) is -4.20. The summed E-state index contributed by atoms with van der Waals surface area (Å²) in [5.74, 6) is 0. The third-order valence-electron chi connectivity index (χ3n) is 3.44. The maximum Gasteiger partial charge on any atom is 0.295 e. The average Bonchev–Trinajstić information content (AvgIpc) is 2.38. The number of hydrogen-bond donors (Lipinski definition) is 1. The highest BCUT2D eigenvalue weighted by Crippen LogP contribution is 2.29. The van der Waals surface area contributed by atoms with Gasteiger partial charge in [-0.05, 0) is 35.4 Å². The van der Waals surface area contributed by atoms with Gasteiger partial charge in [-0.1, -0.05) is 51.0 Å². The molecule has 0 radical (unpaired) electrons. The molecule has 0 aliphatic carbocycles. The molecule has 0 fully saturated rings. The fourth-order valence-corrected chi connectivity index (χ4v) is 3.36. The second-order valence-electron chi connectivity index (χ2n) is 5.08. The van der Waals surface area contributed by atoms with E-state index < -0.39 is 10.1 Å². The van der Waals surface area contributed by atoms with Gasteiger partial charge >= 0.3 is 0 Å². The standard InChI is InChI=1S/C16H20O3S/c1-3-6-12-10-15-13(7-4-2)8-5-9-14(15)16(11-12)20(17,18)19/h5,8-11H,3-4,6-7H2,1-2H3,(H,17,18,19). The zero-order chi connectivity index (χ0) is 14.8. The second kappa shape index (κ2) is 5.94. The molecule has 0 aliphatic heterocycles. The van der Waals surface area contributed by atoms with Crippen LogP contribution in [0.25, 0.3) is 10.8 Å². The molecule has 0 unspecified atom stereocenters. The Morgan fingerprint density at radius 3 is 2.30 bits per heavy atom. The lowest BCUT2D eigenvalue weighted by Gasteiger charge is -2.11. The van der Waals surface area contributed by atoms with E-state index in [2.05, 4.69) is 19.9 Å². The molecular formula is C16H20O3S. The van der Waals surface area contributed by atoms with Gasteiger partial charge in [-0.2, -0.15) is 8.42 Å². The fraction of sp³-hybridized carbons (Fsp3) is 0.375. The number of benzene rings is 2. The quantitative estimate of drug-likeness (QED) is 0.848. The summed E-state index contributed by atoms with van der Waals surface area (Å²) in [5.41, 5.74) is 2.09. The highest BCUT2D eigenvalue weighted by Gasteiger charge is 2.16. The van der Waals surface area contributed by atoms with E-state index in [9.17, 15) is 13.0 Å². The molecule has 0 saturated carbocycles. The summed E-state index contributed by atoms with van der Waals surface area (Å²) in [6, 6.07) is 9.28. The Labute approximate surface area is 120 Å². The predicted octanol–water partition coefficient (Wildman–Crippen LogP) is 3.99. The molecule has 1 N–H and O–H groups in total. The van der Waals surface area contributed by atoms with Crippen molar-refractivity contribution in [3.05, 3.63) is 41.5 Å². The molecule has 3 nitrogen and oxygen atoms in total. The Morgan fingerprint density at radius 1 is 1.00 bits per heavy atom. The van der Waals surface area contributed by atoms with Gasteiger partial charge < -0.3 is 0 Å². The molecule has 0 aliphatic rings. The lowest BCUT2D eigenvalue weighted by molar-refractivity contribution is 0.484. The van der Waals surface area contributed by atoms with Gasteiger partial charge in [0.25, 0.3) is 10.1 Å². The van der Waals surface area contributed by atoms with Crippen LogP contribution in [0.1, 0.15) is 37.8 Å². The molecule has 0 saturated heterocycles. The molecule has 0 bridgehead atoms. The smallest absolute Gasteiger partial charge is 0.282 e. The Balaban J connectivity index is 2.80. The van der Waals surface area contributed by atoms with E-state index in [0.717, 1.165) is 42.2 Å². The van der Waals surface area contributed by atoms with Crippen molar-refractivity contribution < 1.29 is 13.0 Å². The summed E-state index contributed by atoms with van der Waals surface area (Å²) >= 11 is 0. The minimum Gasteiger partial charge on any atom is -0.282 e. The van der Waals surface area contributed by atoms with Crippen LogP contribution in [-0.4, -0.2) is 13.0 Å². The van der Waals surface area contributed by atoms with Crippen LogP contribution in [0.5, 0.6) is 0 Å². The Kier molecular flexibility index (Phi) is 4.45. The first-order valence-corrected chi connectivity index (χ1v) is 8.43. The van der Waals surface area contributed by atoms with E-state index >= 15 is 0 Å². The van der Waals surface area contributed by atoms with Gasteiger partial charge in [-0.25, -0.2) is 0 Å². The van der Waals surface area contributed by atoms with E-state index in [-0.39, 0.29) is 4.90 Å². The van der Waals surface area contributed by atoms with Crippen molar-refractivity contribution in [2.45, 2.75) is 44.4 Å². The fourth-order valence-electron chi connectivity index (χ4n) is 2.61. The van der Waals surface area contributed by atoms with Crippen LogP contribution < -0.4 is 0 Å². The van der Waals surface area contributed by atoms with Gasteiger partial charge in [0.2, 0.25) is 0 Å². The van der Waals surface area contributed by atoms with Crippen LogP contribution in [0, 0.1) is 0 Å². The molecule has 2 aromatic rings. The van der Waals surface area contributed by atoms with Gasteiger partial charge in [-0.3, -0.25) is 4.55 Å². The average molecular weight is 292 g/mol. The third-order valence-corrected chi connectivity index (χ3v) is 4.34. The summed E-state index contributed by atoms with van der Waals surface area (Å²) in [6.45, 7) is 4.15. The van der Waals surface area contributed by atoms with Gasteiger partial charge in [0.15, 0.2) is 0 Å². The molecule has 0 atom stereocenters. The summed E-state index contributed by atoms with van der Waals surface area (Å²) in [5, 5.41) is 1.55. The third kappa shape index (κ3) is 3.02. The Morgan fingerprint density at radius 2 is 1.70 bits per heavy atom. The highest BCUT2D eigenvalue weighted by molar-refractivity contribution is 7.86. The van der Waals surface area contributed by atoms with E-state index in [1.807, 2.05) is 12.1 Å². The number of fused-ring (bicyclic) bond motifs is 1. The molecule has 2 rings (SSSR count). The molecular weight excluding hydrogens is 272 g/mol. The zero-order valence-electron chi connectivity index (χ0n) is 11.9. The largest absolute Gasteiger partial charge is 0.295 e. The van der Waals surface area contributed by atoms with Crippen LogP contribution in [0.2, 0.25) is 0 Å². The van der Waals surface area contributed by atoms with E-state index in [0.29, 0.717) is 5.39 Å². The van der Waals surface area contributed by atoms with Crippen LogP contribution in [0.15, 0.2) is 35.2 Å². The molecule has 0 amide bonds. The minimum absolute atomic E-state index is 0.0244. The van der Waals surface area contributed by atoms with Crippen LogP contribution >= 0.6 is 0 Å². The normalized spacial score (nSPS) is 11.9. The monoisotopic (exact) mass is 292 g/mol. The first-order chi connectivity index (χ1) is 9.47. The molecule has 0 heterocycles. The molecule has 0 aromatic heterocycles. The molecule has 108 valence electrons. The first-order valence-electron chi connectivity index (χ1n) is 6.99. The van der Waals surface area contributed by atoms with E-state index in [1.54, 1.807) is 12.1 Å². The SMILES string of the molecule is CCCc1cc(S(=O)(=O)O)c2cccc(CCC)c2c1. The molecule has 2 aromatic carbocycles. The van der Waals surface area contributed by atoms with Crippen molar-refractivity contribution >= 4 is 20.9 Å². The molecule has 0 spiro atoms. The number of hydrogen-bond acceptors (Lipinski definition) is 2. The van der Waals surface area contributed by atoms with Crippen molar-refractivity contribution in [1.29, 1.82) is 0 Å². The number of rotatable bonds is 5. The second-order valence-corrected chi connectivity index (χ2v) is 6.47. The summed E-state index contributed by atoms with van der Waals surface area (Å²) in [6.07, 6.45) is 3.64. The van der Waals surface area contributed by atoms with Crippen LogP contribution in [0.4, 0.5) is 0 Å². The topological polar surface area (TPSA) is 54.4 Å². The van der Waals surface area contributed by atoms with Crippen molar-refractivity contribution in [2.75, 3.05) is 0 Å². The number of aryl methyl sites for hydroxylation is 2. The van der Waals surface area contributed by atoms with Crippen molar-refractivity contribution in [2.24, 2.45) is 0 Å². The summed E-state index contributed by atoms with van der Waals surface area (Å²) < 4.78 is 32.7. The maximum absolute atomic E-state index is 11.6. The van der Waals surface area contributed by atoms with Gasteiger partial charge in [-0.15, -0.1) is 0 Å². The van der Waals surface area contributed by atoms with Crippen molar-refractivity contribution in [3.8, 4) is 0 Å². The first kappa shape index (κ1) is 15.0. The lowest BCUT2D eigenvalue weighted by atomic mass is 9.98. The predicted molar refractivity (Wildman–Crippen MR) is 81.8 cm³/mol. The van der Waals surface area contributed by atoms with E-state index in [1.165, 1.54) is 0 Å². The van der Waals surface area contributed by atoms with Crippen LogP contribution in [-0.2, 0) is 23.0 Å². The summed E-state index contributed by atoms with van der Waals surface area (Å²) in [4.78, 5) is 0.0244.